The highest BCUT2D eigenvalue weighted by Gasteiger charge is 2.09. The number of carbonyl (C=O) groups excluding carboxylic acids is 2. The highest BCUT2D eigenvalue weighted by Crippen LogP contribution is 2.18. The van der Waals surface area contributed by atoms with Crippen molar-refractivity contribution in [2.45, 2.75) is 6.92 Å². The SMILES string of the molecule is Cc1ccccc1C(=O)Nc1cccc(NC(=O)COc2ccc(Br)cc2)c1. The number of rotatable bonds is 6. The van der Waals surface area contributed by atoms with E-state index in [2.05, 4.69) is 26.6 Å². The molecule has 5 nitrogen and oxygen atoms in total. The Bertz CT molecular complexity index is 987. The molecular weight excluding hydrogens is 420 g/mol. The molecule has 0 aromatic heterocycles. The highest BCUT2D eigenvalue weighted by molar-refractivity contribution is 9.10. The Hall–Kier alpha value is -3.12. The maximum absolute atomic E-state index is 12.4. The smallest absolute Gasteiger partial charge is 0.262 e. The topological polar surface area (TPSA) is 67.4 Å². The van der Waals surface area contributed by atoms with E-state index in [1.165, 1.54) is 0 Å². The summed E-state index contributed by atoms with van der Waals surface area (Å²) >= 11 is 3.35. The number of aryl methyl sites for hydroxylation is 1. The third kappa shape index (κ3) is 5.44. The van der Waals surface area contributed by atoms with Crippen molar-refractivity contribution < 1.29 is 14.3 Å². The molecular formula is C22H19BrN2O3. The van der Waals surface area contributed by atoms with E-state index in [0.717, 1.165) is 10.0 Å². The molecule has 0 saturated carbocycles. The molecule has 0 radical (unpaired) electrons. The molecule has 0 heterocycles. The summed E-state index contributed by atoms with van der Waals surface area (Å²) in [7, 11) is 0. The van der Waals surface area contributed by atoms with Crippen LogP contribution >= 0.6 is 15.9 Å². The van der Waals surface area contributed by atoms with Gasteiger partial charge in [-0.3, -0.25) is 9.59 Å². The molecule has 0 aliphatic rings. The minimum atomic E-state index is -0.287. The Balaban J connectivity index is 1.58. The Morgan fingerprint density at radius 2 is 1.57 bits per heavy atom. The van der Waals surface area contributed by atoms with Crippen LogP contribution in [0.3, 0.4) is 0 Å². The molecule has 0 fully saturated rings. The zero-order valence-electron chi connectivity index (χ0n) is 15.2. The van der Waals surface area contributed by atoms with Gasteiger partial charge in [-0.25, -0.2) is 0 Å². The molecule has 0 bridgehead atoms. The number of nitrogens with one attached hydrogen (secondary N) is 2. The van der Waals surface area contributed by atoms with Gasteiger partial charge in [-0.2, -0.15) is 0 Å². The number of ether oxygens (including phenoxy) is 1. The fraction of sp³-hybridized carbons (Fsp3) is 0.0909. The third-order valence-electron chi connectivity index (χ3n) is 3.98. The Morgan fingerprint density at radius 3 is 2.29 bits per heavy atom. The van der Waals surface area contributed by atoms with Crippen LogP contribution in [0, 0.1) is 6.92 Å². The van der Waals surface area contributed by atoms with Crippen LogP contribution in [0.1, 0.15) is 15.9 Å². The first-order valence-electron chi connectivity index (χ1n) is 8.66. The average molecular weight is 439 g/mol. The summed E-state index contributed by atoms with van der Waals surface area (Å²) in [5.74, 6) is 0.128. The molecule has 142 valence electrons. The number of carbonyl (C=O) groups is 2. The summed E-state index contributed by atoms with van der Waals surface area (Å²) in [5, 5.41) is 5.61. The predicted octanol–water partition coefficient (Wildman–Crippen LogP) is 5.03. The van der Waals surface area contributed by atoms with Crippen molar-refractivity contribution in [2.75, 3.05) is 17.2 Å². The lowest BCUT2D eigenvalue weighted by atomic mass is 10.1. The second kappa shape index (κ2) is 9.19. The minimum absolute atomic E-state index is 0.110. The van der Waals surface area contributed by atoms with Gasteiger partial charge < -0.3 is 15.4 Å². The number of hydrogen-bond acceptors (Lipinski definition) is 3. The van der Waals surface area contributed by atoms with Crippen LogP contribution in [0.4, 0.5) is 11.4 Å². The molecule has 2 amide bonds. The van der Waals surface area contributed by atoms with Gasteiger partial charge in [0.05, 0.1) is 0 Å². The number of benzene rings is 3. The Kier molecular flexibility index (Phi) is 6.45. The summed E-state index contributed by atoms with van der Waals surface area (Å²) in [5.41, 5.74) is 2.68. The van der Waals surface area contributed by atoms with Crippen LogP contribution in [-0.4, -0.2) is 18.4 Å². The quantitative estimate of drug-likeness (QED) is 0.567. The van der Waals surface area contributed by atoms with Crippen molar-refractivity contribution >= 4 is 39.1 Å². The molecule has 0 saturated heterocycles. The van der Waals surface area contributed by atoms with E-state index in [1.807, 2.05) is 37.3 Å². The van der Waals surface area contributed by atoms with Gasteiger partial charge in [-0.05, 0) is 61.0 Å². The number of hydrogen-bond donors (Lipinski definition) is 2. The van der Waals surface area contributed by atoms with Crippen LogP contribution in [0.2, 0.25) is 0 Å². The van der Waals surface area contributed by atoms with Crippen LogP contribution in [0.5, 0.6) is 5.75 Å². The van der Waals surface area contributed by atoms with Crippen molar-refractivity contribution in [3.63, 3.8) is 0 Å². The predicted molar refractivity (Wildman–Crippen MR) is 114 cm³/mol. The first-order chi connectivity index (χ1) is 13.5. The molecule has 0 atom stereocenters. The van der Waals surface area contributed by atoms with E-state index in [9.17, 15) is 9.59 Å². The first kappa shape index (κ1) is 19.6. The van der Waals surface area contributed by atoms with Gasteiger partial charge in [0.15, 0.2) is 6.61 Å². The maximum atomic E-state index is 12.4. The van der Waals surface area contributed by atoms with E-state index in [0.29, 0.717) is 22.7 Å². The van der Waals surface area contributed by atoms with Gasteiger partial charge in [-0.1, -0.05) is 40.2 Å². The summed E-state index contributed by atoms with van der Waals surface area (Å²) < 4.78 is 6.40. The van der Waals surface area contributed by atoms with Gasteiger partial charge in [0.25, 0.3) is 11.8 Å². The maximum Gasteiger partial charge on any atom is 0.262 e. The summed E-state index contributed by atoms with van der Waals surface area (Å²) in [6, 6.07) is 21.6. The van der Waals surface area contributed by atoms with Gasteiger partial charge in [-0.15, -0.1) is 0 Å². The van der Waals surface area contributed by atoms with Gasteiger partial charge in [0.1, 0.15) is 5.75 Å². The fourth-order valence-corrected chi connectivity index (χ4v) is 2.84. The van der Waals surface area contributed by atoms with E-state index >= 15 is 0 Å². The Labute approximate surface area is 171 Å². The lowest BCUT2D eigenvalue weighted by molar-refractivity contribution is -0.118. The van der Waals surface area contributed by atoms with E-state index in [-0.39, 0.29) is 18.4 Å². The van der Waals surface area contributed by atoms with Crippen molar-refractivity contribution in [3.05, 3.63) is 88.4 Å². The molecule has 3 aromatic carbocycles. The molecule has 0 unspecified atom stereocenters. The van der Waals surface area contributed by atoms with Gasteiger partial charge in [0, 0.05) is 21.4 Å². The molecule has 3 rings (SSSR count). The molecule has 0 aliphatic heterocycles. The third-order valence-corrected chi connectivity index (χ3v) is 4.51. The summed E-state index contributed by atoms with van der Waals surface area (Å²) in [6.45, 7) is 1.78. The monoisotopic (exact) mass is 438 g/mol. The Morgan fingerprint density at radius 1 is 0.893 bits per heavy atom. The van der Waals surface area contributed by atoms with Crippen LogP contribution < -0.4 is 15.4 Å². The minimum Gasteiger partial charge on any atom is -0.484 e. The second-order valence-corrected chi connectivity index (χ2v) is 7.06. The van der Waals surface area contributed by atoms with Gasteiger partial charge in [0.2, 0.25) is 0 Å². The largest absolute Gasteiger partial charge is 0.484 e. The second-order valence-electron chi connectivity index (χ2n) is 6.14. The number of halogens is 1. The van der Waals surface area contributed by atoms with E-state index < -0.39 is 0 Å². The molecule has 0 aliphatic carbocycles. The molecule has 2 N–H and O–H groups in total. The van der Waals surface area contributed by atoms with Crippen LogP contribution in [0.15, 0.2) is 77.3 Å². The van der Waals surface area contributed by atoms with Crippen LogP contribution in [-0.2, 0) is 4.79 Å². The number of amides is 2. The average Bonchev–Trinajstić information content (AvgIpc) is 2.68. The molecule has 6 heteroatoms. The molecule has 3 aromatic rings. The van der Waals surface area contributed by atoms with E-state index in [4.69, 9.17) is 4.74 Å². The summed E-state index contributed by atoms with van der Waals surface area (Å²) in [6.07, 6.45) is 0. The lowest BCUT2D eigenvalue weighted by Crippen LogP contribution is -2.20. The first-order valence-corrected chi connectivity index (χ1v) is 9.46. The standard InChI is InChI=1S/C22H19BrN2O3/c1-15-5-2-3-8-20(15)22(27)25-18-7-4-6-17(13-18)24-21(26)14-28-19-11-9-16(23)10-12-19/h2-13H,14H2,1H3,(H,24,26)(H,25,27). The van der Waals surface area contributed by atoms with E-state index in [1.54, 1.807) is 42.5 Å². The van der Waals surface area contributed by atoms with Crippen LogP contribution in [0.25, 0.3) is 0 Å². The van der Waals surface area contributed by atoms with Crippen molar-refractivity contribution in [3.8, 4) is 5.75 Å². The molecule has 0 spiro atoms. The van der Waals surface area contributed by atoms with Crippen molar-refractivity contribution in [2.24, 2.45) is 0 Å². The number of anilines is 2. The zero-order chi connectivity index (χ0) is 19.9. The fourth-order valence-electron chi connectivity index (χ4n) is 2.58. The van der Waals surface area contributed by atoms with Crippen molar-refractivity contribution in [1.82, 2.24) is 0 Å². The normalized spacial score (nSPS) is 10.2. The lowest BCUT2D eigenvalue weighted by Gasteiger charge is -2.10. The zero-order valence-corrected chi connectivity index (χ0v) is 16.8. The highest BCUT2D eigenvalue weighted by atomic mass is 79.9. The van der Waals surface area contributed by atoms with Gasteiger partial charge >= 0.3 is 0 Å². The molecule has 28 heavy (non-hydrogen) atoms. The van der Waals surface area contributed by atoms with Crippen molar-refractivity contribution in [1.29, 1.82) is 0 Å². The summed E-state index contributed by atoms with van der Waals surface area (Å²) in [4.78, 5) is 24.5.